The molecule has 35 heavy (non-hydrogen) atoms. The van der Waals surface area contributed by atoms with E-state index >= 15 is 0 Å². The lowest BCUT2D eigenvalue weighted by Gasteiger charge is -2.28. The van der Waals surface area contributed by atoms with Gasteiger partial charge in [0, 0.05) is 17.8 Å². The molecule has 3 aromatic carbocycles. The Bertz CT molecular complexity index is 1250. The fourth-order valence-electron chi connectivity index (χ4n) is 4.19. The topological polar surface area (TPSA) is 94.2 Å². The molecule has 0 aliphatic carbocycles. The predicted octanol–water partition coefficient (Wildman–Crippen LogP) is 4.22. The van der Waals surface area contributed by atoms with Crippen molar-refractivity contribution in [3.8, 4) is 11.5 Å². The minimum absolute atomic E-state index is 0.0218. The summed E-state index contributed by atoms with van der Waals surface area (Å²) in [5.74, 6) is 0.206. The maximum atomic E-state index is 13.3. The summed E-state index contributed by atoms with van der Waals surface area (Å²) < 4.78 is 15.5. The van der Waals surface area contributed by atoms with Gasteiger partial charge in [-0.3, -0.25) is 9.59 Å². The number of carbonyl (C=O) groups excluding carboxylic acids is 3. The molecule has 8 nitrogen and oxygen atoms in total. The molecule has 1 aliphatic rings. The fourth-order valence-corrected chi connectivity index (χ4v) is 4.19. The average Bonchev–Trinajstić information content (AvgIpc) is 3.23. The molecule has 0 radical (unpaired) electrons. The third-order valence-corrected chi connectivity index (χ3v) is 5.99. The molecular formula is C27H26N2O6. The summed E-state index contributed by atoms with van der Waals surface area (Å²) in [4.78, 5) is 39.7. The van der Waals surface area contributed by atoms with Crippen LogP contribution in [0.15, 0.2) is 66.7 Å². The van der Waals surface area contributed by atoms with Crippen molar-refractivity contribution in [3.63, 3.8) is 0 Å². The van der Waals surface area contributed by atoms with Crippen molar-refractivity contribution in [2.75, 3.05) is 26.6 Å². The van der Waals surface area contributed by atoms with Crippen LogP contribution in [-0.4, -0.2) is 44.0 Å². The Morgan fingerprint density at radius 3 is 2.31 bits per heavy atom. The summed E-state index contributed by atoms with van der Waals surface area (Å²) in [6.45, 7) is 0.398. The number of fused-ring (bicyclic) bond motifs is 1. The lowest BCUT2D eigenvalue weighted by atomic mass is 10.0. The number of amides is 2. The van der Waals surface area contributed by atoms with Gasteiger partial charge in [-0.15, -0.1) is 0 Å². The molecule has 0 saturated heterocycles. The molecule has 0 spiro atoms. The molecule has 0 bridgehead atoms. The first-order chi connectivity index (χ1) is 16.9. The first kappa shape index (κ1) is 23.8. The summed E-state index contributed by atoms with van der Waals surface area (Å²) >= 11 is 0. The zero-order chi connectivity index (χ0) is 24.9. The maximum absolute atomic E-state index is 13.3. The van der Waals surface area contributed by atoms with Crippen molar-refractivity contribution in [1.82, 2.24) is 4.90 Å². The SMILES string of the molecule is COC(=O)c1ccc(NC(=O)C[C@H](c2ccc(OC)c(OC)c2)N2Cc3ccccc3C2=O)cc1. The quantitative estimate of drug-likeness (QED) is 0.492. The van der Waals surface area contributed by atoms with E-state index in [2.05, 4.69) is 5.32 Å². The first-order valence-corrected chi connectivity index (χ1v) is 11.0. The summed E-state index contributed by atoms with van der Waals surface area (Å²) in [6, 6.07) is 18.7. The Kier molecular flexibility index (Phi) is 7.01. The number of methoxy groups -OCH3 is 3. The molecule has 1 aliphatic heterocycles. The van der Waals surface area contributed by atoms with Crippen LogP contribution in [0.4, 0.5) is 5.69 Å². The van der Waals surface area contributed by atoms with Gasteiger partial charge in [0.2, 0.25) is 5.91 Å². The van der Waals surface area contributed by atoms with Crippen molar-refractivity contribution in [3.05, 3.63) is 89.0 Å². The highest BCUT2D eigenvalue weighted by molar-refractivity contribution is 5.99. The van der Waals surface area contributed by atoms with Crippen LogP contribution in [0.25, 0.3) is 0 Å². The van der Waals surface area contributed by atoms with E-state index in [0.717, 1.165) is 11.1 Å². The molecule has 3 aromatic rings. The highest BCUT2D eigenvalue weighted by atomic mass is 16.5. The number of rotatable bonds is 8. The van der Waals surface area contributed by atoms with Crippen LogP contribution in [-0.2, 0) is 16.1 Å². The number of hydrogen-bond donors (Lipinski definition) is 1. The van der Waals surface area contributed by atoms with Crippen LogP contribution >= 0.6 is 0 Å². The number of anilines is 1. The van der Waals surface area contributed by atoms with Gasteiger partial charge >= 0.3 is 5.97 Å². The van der Waals surface area contributed by atoms with Crippen molar-refractivity contribution in [2.45, 2.75) is 19.0 Å². The molecule has 8 heteroatoms. The van der Waals surface area contributed by atoms with Gasteiger partial charge in [0.05, 0.1) is 39.4 Å². The van der Waals surface area contributed by atoms with Crippen molar-refractivity contribution >= 4 is 23.5 Å². The number of nitrogens with one attached hydrogen (secondary N) is 1. The maximum Gasteiger partial charge on any atom is 0.337 e. The van der Waals surface area contributed by atoms with Gasteiger partial charge in [-0.2, -0.15) is 0 Å². The second kappa shape index (κ2) is 10.3. The van der Waals surface area contributed by atoms with Gasteiger partial charge in [0.25, 0.3) is 5.91 Å². The summed E-state index contributed by atoms with van der Waals surface area (Å²) in [7, 11) is 4.40. The Hall–Kier alpha value is -4.33. The average molecular weight is 475 g/mol. The zero-order valence-corrected chi connectivity index (χ0v) is 19.7. The lowest BCUT2D eigenvalue weighted by Crippen LogP contribution is -2.32. The molecule has 1 atom stereocenters. The van der Waals surface area contributed by atoms with Gasteiger partial charge in [-0.05, 0) is 53.6 Å². The van der Waals surface area contributed by atoms with E-state index in [1.165, 1.54) is 14.2 Å². The molecule has 0 saturated carbocycles. The minimum atomic E-state index is -0.538. The Morgan fingerprint density at radius 1 is 0.943 bits per heavy atom. The highest BCUT2D eigenvalue weighted by Crippen LogP contribution is 2.37. The first-order valence-electron chi connectivity index (χ1n) is 11.0. The van der Waals surface area contributed by atoms with Gasteiger partial charge in [0.15, 0.2) is 11.5 Å². The highest BCUT2D eigenvalue weighted by Gasteiger charge is 2.34. The van der Waals surface area contributed by atoms with Crippen LogP contribution in [0.3, 0.4) is 0 Å². The summed E-state index contributed by atoms with van der Waals surface area (Å²) in [5.41, 5.74) is 3.22. The smallest absolute Gasteiger partial charge is 0.337 e. The zero-order valence-electron chi connectivity index (χ0n) is 19.7. The van der Waals surface area contributed by atoms with E-state index in [1.807, 2.05) is 24.3 Å². The fraction of sp³-hybridized carbons (Fsp3) is 0.222. The number of hydrogen-bond acceptors (Lipinski definition) is 6. The second-order valence-corrected chi connectivity index (χ2v) is 8.04. The second-order valence-electron chi connectivity index (χ2n) is 8.04. The number of benzene rings is 3. The Morgan fingerprint density at radius 2 is 1.66 bits per heavy atom. The van der Waals surface area contributed by atoms with E-state index in [-0.39, 0.29) is 18.2 Å². The third-order valence-electron chi connectivity index (χ3n) is 5.99. The Labute approximate surface area is 203 Å². The predicted molar refractivity (Wildman–Crippen MR) is 130 cm³/mol. The van der Waals surface area contributed by atoms with E-state index in [0.29, 0.717) is 34.9 Å². The normalized spacial score (nSPS) is 13.1. The van der Waals surface area contributed by atoms with Crippen LogP contribution in [0, 0.1) is 0 Å². The van der Waals surface area contributed by atoms with E-state index in [4.69, 9.17) is 14.2 Å². The van der Waals surface area contributed by atoms with Gasteiger partial charge in [-0.25, -0.2) is 4.79 Å². The number of ether oxygens (including phenoxy) is 3. The summed E-state index contributed by atoms with van der Waals surface area (Å²) in [5, 5.41) is 2.85. The molecule has 4 rings (SSSR count). The van der Waals surface area contributed by atoms with E-state index < -0.39 is 12.0 Å². The van der Waals surface area contributed by atoms with Gasteiger partial charge in [-0.1, -0.05) is 24.3 Å². The number of esters is 1. The van der Waals surface area contributed by atoms with Crippen LogP contribution < -0.4 is 14.8 Å². The lowest BCUT2D eigenvalue weighted by molar-refractivity contribution is -0.117. The van der Waals surface area contributed by atoms with Crippen LogP contribution in [0.5, 0.6) is 11.5 Å². The molecule has 1 N–H and O–H groups in total. The largest absolute Gasteiger partial charge is 0.493 e. The van der Waals surface area contributed by atoms with Crippen molar-refractivity contribution in [2.24, 2.45) is 0 Å². The molecule has 180 valence electrons. The van der Waals surface area contributed by atoms with Gasteiger partial charge in [0.1, 0.15) is 0 Å². The summed E-state index contributed by atoms with van der Waals surface area (Å²) in [6.07, 6.45) is 0.0218. The van der Waals surface area contributed by atoms with Gasteiger partial charge < -0.3 is 24.4 Å². The number of nitrogens with zero attached hydrogens (tertiary/aromatic N) is 1. The molecule has 0 fully saturated rings. The molecule has 2 amide bonds. The minimum Gasteiger partial charge on any atom is -0.493 e. The molecule has 1 heterocycles. The standard InChI is InChI=1S/C27H26N2O6/c1-33-23-13-10-18(14-24(23)34-2)22(29-16-19-6-4-5-7-21(19)26(29)31)15-25(30)28-20-11-8-17(9-12-20)27(32)35-3/h4-14,22H,15-16H2,1-3H3,(H,28,30)/t22-/m1/s1. The van der Waals surface area contributed by atoms with Crippen molar-refractivity contribution in [1.29, 1.82) is 0 Å². The number of carbonyl (C=O) groups is 3. The van der Waals surface area contributed by atoms with Crippen LogP contribution in [0.2, 0.25) is 0 Å². The molecular weight excluding hydrogens is 448 g/mol. The monoisotopic (exact) mass is 474 g/mol. The van der Waals surface area contributed by atoms with Crippen molar-refractivity contribution < 1.29 is 28.6 Å². The van der Waals surface area contributed by atoms with Crippen LogP contribution in [0.1, 0.15) is 44.3 Å². The molecule has 0 aromatic heterocycles. The van der Waals surface area contributed by atoms with E-state index in [1.54, 1.807) is 54.5 Å². The third kappa shape index (κ3) is 4.96. The Balaban J connectivity index is 1.60. The van der Waals surface area contributed by atoms with E-state index in [9.17, 15) is 14.4 Å². The molecule has 0 unspecified atom stereocenters.